The summed E-state index contributed by atoms with van der Waals surface area (Å²) in [6.45, 7) is 0.891. The minimum atomic E-state index is 0.342. The van der Waals surface area contributed by atoms with E-state index < -0.39 is 0 Å². The number of fused-ring (bicyclic) bond motifs is 1. The molecule has 0 amide bonds. The summed E-state index contributed by atoms with van der Waals surface area (Å²) < 4.78 is 5.95. The van der Waals surface area contributed by atoms with E-state index in [1.54, 1.807) is 0 Å². The third kappa shape index (κ3) is 2.97. The van der Waals surface area contributed by atoms with Gasteiger partial charge in [0.15, 0.2) is 0 Å². The lowest BCUT2D eigenvalue weighted by Gasteiger charge is -2.26. The summed E-state index contributed by atoms with van der Waals surface area (Å²) in [7, 11) is 0. The molecule has 2 unspecified atom stereocenters. The lowest BCUT2D eigenvalue weighted by Crippen LogP contribution is -2.16. The molecule has 1 aromatic rings. The summed E-state index contributed by atoms with van der Waals surface area (Å²) in [5.41, 5.74) is 2.92. The predicted octanol–water partition coefficient (Wildman–Crippen LogP) is 4.64. The molecule has 3 rings (SSSR count). The Morgan fingerprint density at radius 3 is 2.94 bits per heavy atom. The first kappa shape index (κ1) is 12.7. The van der Waals surface area contributed by atoms with Crippen molar-refractivity contribution in [3.8, 4) is 0 Å². The molecule has 2 atom stereocenters. The Hall–Kier alpha value is -0.340. The van der Waals surface area contributed by atoms with Crippen molar-refractivity contribution in [3.63, 3.8) is 0 Å². The summed E-state index contributed by atoms with van der Waals surface area (Å²) in [6, 6.07) is 8.77. The second-order valence-electron chi connectivity index (χ2n) is 5.59. The first-order chi connectivity index (χ1) is 8.84. The monoisotopic (exact) mass is 308 g/mol. The molecule has 0 aromatic heterocycles. The number of ether oxygens (including phenoxy) is 1. The van der Waals surface area contributed by atoms with Crippen molar-refractivity contribution in [3.05, 3.63) is 35.4 Å². The summed E-state index contributed by atoms with van der Waals surface area (Å²) in [6.07, 6.45) is 8.02. The molecule has 0 radical (unpaired) electrons. The molecule has 1 aliphatic heterocycles. The fourth-order valence-corrected chi connectivity index (χ4v) is 3.76. The van der Waals surface area contributed by atoms with Gasteiger partial charge in [0.25, 0.3) is 0 Å². The van der Waals surface area contributed by atoms with Gasteiger partial charge in [0.05, 0.1) is 12.7 Å². The Morgan fingerprint density at radius 2 is 2.11 bits per heavy atom. The van der Waals surface area contributed by atoms with Crippen molar-refractivity contribution >= 4 is 15.9 Å². The van der Waals surface area contributed by atoms with Crippen LogP contribution in [0.2, 0.25) is 0 Å². The number of rotatable bonds is 5. The van der Waals surface area contributed by atoms with Gasteiger partial charge in [-0.05, 0) is 55.6 Å². The summed E-state index contributed by atoms with van der Waals surface area (Å²) >= 11 is 3.82. The van der Waals surface area contributed by atoms with Crippen molar-refractivity contribution in [2.45, 2.75) is 49.5 Å². The number of alkyl halides is 1. The lowest BCUT2D eigenvalue weighted by atomic mass is 9.94. The van der Waals surface area contributed by atoms with Crippen LogP contribution in [-0.4, -0.2) is 11.4 Å². The quantitative estimate of drug-likeness (QED) is 0.720. The Kier molecular flexibility index (Phi) is 4.05. The van der Waals surface area contributed by atoms with Crippen molar-refractivity contribution in [2.75, 3.05) is 6.61 Å². The van der Waals surface area contributed by atoms with Gasteiger partial charge in [0.1, 0.15) is 0 Å². The Morgan fingerprint density at radius 1 is 1.28 bits per heavy atom. The minimum absolute atomic E-state index is 0.342. The molecule has 2 aliphatic rings. The van der Waals surface area contributed by atoms with Gasteiger partial charge in [0.2, 0.25) is 0 Å². The zero-order valence-corrected chi connectivity index (χ0v) is 12.4. The molecule has 0 N–H and O–H groups in total. The normalized spacial score (nSPS) is 24.6. The Balaban J connectivity index is 1.53. The van der Waals surface area contributed by atoms with Crippen LogP contribution in [0.25, 0.3) is 0 Å². The highest BCUT2D eigenvalue weighted by Crippen LogP contribution is 2.39. The van der Waals surface area contributed by atoms with Crippen LogP contribution in [0.4, 0.5) is 0 Å². The van der Waals surface area contributed by atoms with E-state index in [4.69, 9.17) is 4.74 Å². The molecule has 1 heterocycles. The smallest absolute Gasteiger partial charge is 0.0827 e. The van der Waals surface area contributed by atoms with Gasteiger partial charge in [-0.1, -0.05) is 40.2 Å². The first-order valence-corrected chi connectivity index (χ1v) is 8.09. The molecular weight excluding hydrogens is 288 g/mol. The maximum Gasteiger partial charge on any atom is 0.0827 e. The van der Waals surface area contributed by atoms with Gasteiger partial charge >= 0.3 is 0 Å². The molecule has 1 aliphatic carbocycles. The SMILES string of the molecule is BrC(CCCC1OCCc2ccccc21)C1CC1. The van der Waals surface area contributed by atoms with Crippen molar-refractivity contribution < 1.29 is 4.74 Å². The van der Waals surface area contributed by atoms with Crippen LogP contribution in [0.1, 0.15) is 49.3 Å². The maximum absolute atomic E-state index is 5.95. The number of halogens is 1. The fourth-order valence-electron chi connectivity index (χ4n) is 2.91. The van der Waals surface area contributed by atoms with Crippen LogP contribution in [0.5, 0.6) is 0 Å². The fraction of sp³-hybridized carbons (Fsp3) is 0.625. The molecule has 1 saturated carbocycles. The van der Waals surface area contributed by atoms with E-state index in [0.29, 0.717) is 6.10 Å². The molecule has 0 bridgehead atoms. The molecule has 2 heteroatoms. The Bertz CT molecular complexity index is 400. The van der Waals surface area contributed by atoms with E-state index in [0.717, 1.165) is 23.8 Å². The number of hydrogen-bond donors (Lipinski definition) is 0. The highest BCUT2D eigenvalue weighted by molar-refractivity contribution is 9.09. The highest BCUT2D eigenvalue weighted by Gasteiger charge is 2.29. The Labute approximate surface area is 118 Å². The summed E-state index contributed by atoms with van der Waals surface area (Å²) in [5.74, 6) is 0.963. The average molecular weight is 309 g/mol. The van der Waals surface area contributed by atoms with Gasteiger partial charge in [-0.2, -0.15) is 0 Å². The van der Waals surface area contributed by atoms with E-state index in [1.807, 2.05) is 0 Å². The molecule has 1 nitrogen and oxygen atoms in total. The maximum atomic E-state index is 5.95. The van der Waals surface area contributed by atoms with Gasteiger partial charge in [-0.15, -0.1) is 0 Å². The highest BCUT2D eigenvalue weighted by atomic mass is 79.9. The van der Waals surface area contributed by atoms with Crippen LogP contribution < -0.4 is 0 Å². The van der Waals surface area contributed by atoms with Gasteiger partial charge < -0.3 is 4.74 Å². The second-order valence-corrected chi connectivity index (χ2v) is 6.77. The third-order valence-electron chi connectivity index (χ3n) is 4.17. The van der Waals surface area contributed by atoms with Gasteiger partial charge in [-0.25, -0.2) is 0 Å². The van der Waals surface area contributed by atoms with Crippen LogP contribution in [0.3, 0.4) is 0 Å². The largest absolute Gasteiger partial charge is 0.373 e. The minimum Gasteiger partial charge on any atom is -0.373 e. The number of hydrogen-bond acceptors (Lipinski definition) is 1. The third-order valence-corrected chi connectivity index (χ3v) is 5.38. The first-order valence-electron chi connectivity index (χ1n) is 7.18. The lowest BCUT2D eigenvalue weighted by molar-refractivity contribution is 0.0348. The molecule has 0 saturated heterocycles. The van der Waals surface area contributed by atoms with E-state index in [9.17, 15) is 0 Å². The van der Waals surface area contributed by atoms with Crippen LogP contribution in [-0.2, 0) is 11.2 Å². The molecule has 18 heavy (non-hydrogen) atoms. The van der Waals surface area contributed by atoms with Crippen LogP contribution in [0.15, 0.2) is 24.3 Å². The van der Waals surface area contributed by atoms with Crippen molar-refractivity contribution in [2.24, 2.45) is 5.92 Å². The van der Waals surface area contributed by atoms with Gasteiger partial charge in [-0.3, -0.25) is 0 Å². The van der Waals surface area contributed by atoms with Gasteiger partial charge in [0, 0.05) is 4.83 Å². The van der Waals surface area contributed by atoms with Crippen LogP contribution in [0, 0.1) is 5.92 Å². The summed E-state index contributed by atoms with van der Waals surface area (Å²) in [4.78, 5) is 0.747. The topological polar surface area (TPSA) is 9.23 Å². The number of benzene rings is 1. The molecule has 98 valence electrons. The predicted molar refractivity (Wildman–Crippen MR) is 78.1 cm³/mol. The van der Waals surface area contributed by atoms with E-state index in [1.165, 1.54) is 43.2 Å². The summed E-state index contributed by atoms with van der Waals surface area (Å²) in [5, 5.41) is 0. The zero-order valence-electron chi connectivity index (χ0n) is 10.8. The van der Waals surface area contributed by atoms with Crippen molar-refractivity contribution in [1.82, 2.24) is 0 Å². The second kappa shape index (κ2) is 5.75. The average Bonchev–Trinajstić information content (AvgIpc) is 3.23. The van der Waals surface area contributed by atoms with E-state index in [-0.39, 0.29) is 0 Å². The van der Waals surface area contributed by atoms with Crippen molar-refractivity contribution in [1.29, 1.82) is 0 Å². The van der Waals surface area contributed by atoms with E-state index >= 15 is 0 Å². The zero-order chi connectivity index (χ0) is 12.4. The molecule has 0 spiro atoms. The van der Waals surface area contributed by atoms with Crippen LogP contribution >= 0.6 is 15.9 Å². The standard InChI is InChI=1S/C16H21BrO/c17-15(13-8-9-13)6-3-7-16-14-5-2-1-4-12(14)10-11-18-16/h1-2,4-5,13,15-16H,3,6-11H2. The molecule has 1 aromatic carbocycles. The molecule has 1 fully saturated rings. The van der Waals surface area contributed by atoms with E-state index in [2.05, 4.69) is 40.2 Å². The molecular formula is C16H21BrO.